The number of imidazole rings is 1. The van der Waals surface area contributed by atoms with Crippen molar-refractivity contribution in [3.63, 3.8) is 0 Å². The third-order valence-corrected chi connectivity index (χ3v) is 5.37. The molecule has 0 atom stereocenters. The first-order chi connectivity index (χ1) is 17.1. The van der Waals surface area contributed by atoms with Gasteiger partial charge in [0.15, 0.2) is 0 Å². The van der Waals surface area contributed by atoms with Crippen LogP contribution in [0, 0.1) is 5.82 Å². The highest BCUT2D eigenvalue weighted by Gasteiger charge is 2.10. The summed E-state index contributed by atoms with van der Waals surface area (Å²) in [6, 6.07) is 19.2. The summed E-state index contributed by atoms with van der Waals surface area (Å²) in [5.41, 5.74) is 3.17. The lowest BCUT2D eigenvalue weighted by atomic mass is 10.2. The molecule has 1 N–H and O–H groups in total. The van der Waals surface area contributed by atoms with Crippen LogP contribution < -0.4 is 14.8 Å². The number of carbonyl (C=O) groups is 1. The van der Waals surface area contributed by atoms with Gasteiger partial charge >= 0.3 is 0 Å². The molecule has 1 aromatic heterocycles. The summed E-state index contributed by atoms with van der Waals surface area (Å²) in [7, 11) is 1.64. The first-order valence-electron chi connectivity index (χ1n) is 11.5. The van der Waals surface area contributed by atoms with Crippen molar-refractivity contribution in [2.24, 2.45) is 0 Å². The number of hydrogen-bond acceptors (Lipinski definition) is 5. The molecule has 1 amide bonds. The highest BCUT2D eigenvalue weighted by Crippen LogP contribution is 2.22. The van der Waals surface area contributed by atoms with Gasteiger partial charge in [0, 0.05) is 37.9 Å². The van der Waals surface area contributed by atoms with E-state index in [1.807, 2.05) is 34.9 Å². The Labute approximate surface area is 203 Å². The van der Waals surface area contributed by atoms with Crippen LogP contribution in [0.15, 0.2) is 73.1 Å². The fourth-order valence-electron chi connectivity index (χ4n) is 3.55. The van der Waals surface area contributed by atoms with Crippen LogP contribution in [0.5, 0.6) is 11.5 Å². The average molecular weight is 478 g/mol. The average Bonchev–Trinajstić information content (AvgIpc) is 3.31. The van der Waals surface area contributed by atoms with Crippen molar-refractivity contribution in [1.82, 2.24) is 14.9 Å². The monoisotopic (exact) mass is 477 g/mol. The zero-order valence-electron chi connectivity index (χ0n) is 19.6. The number of fused-ring (bicyclic) bond motifs is 1. The topological polar surface area (TPSA) is 74.6 Å². The predicted molar refractivity (Wildman–Crippen MR) is 132 cm³/mol. The van der Waals surface area contributed by atoms with Crippen molar-refractivity contribution < 1.29 is 23.4 Å². The van der Waals surface area contributed by atoms with E-state index in [4.69, 9.17) is 14.2 Å². The van der Waals surface area contributed by atoms with Crippen LogP contribution in [0.3, 0.4) is 0 Å². The van der Waals surface area contributed by atoms with Crippen molar-refractivity contribution in [2.75, 3.05) is 33.5 Å². The van der Waals surface area contributed by atoms with Crippen LogP contribution in [0.4, 0.5) is 4.39 Å². The lowest BCUT2D eigenvalue weighted by molar-refractivity contribution is 0.0948. The number of hydrogen-bond donors (Lipinski definition) is 1. The largest absolute Gasteiger partial charge is 0.493 e. The highest BCUT2D eigenvalue weighted by molar-refractivity contribution is 5.97. The van der Waals surface area contributed by atoms with E-state index in [9.17, 15) is 9.18 Å². The van der Waals surface area contributed by atoms with E-state index in [1.165, 1.54) is 12.1 Å². The second-order valence-corrected chi connectivity index (χ2v) is 7.92. The first-order valence-corrected chi connectivity index (χ1v) is 11.5. The molecule has 0 radical (unpaired) electrons. The van der Waals surface area contributed by atoms with E-state index in [1.54, 1.807) is 37.7 Å². The van der Waals surface area contributed by atoms with Crippen molar-refractivity contribution in [2.45, 2.75) is 12.8 Å². The number of methoxy groups -OCH3 is 1. The van der Waals surface area contributed by atoms with Gasteiger partial charge in [-0.05, 0) is 73.2 Å². The number of benzene rings is 3. The summed E-state index contributed by atoms with van der Waals surface area (Å²) in [5, 5.41) is 2.89. The molecular weight excluding hydrogens is 449 g/mol. The third kappa shape index (κ3) is 6.58. The summed E-state index contributed by atoms with van der Waals surface area (Å²) < 4.78 is 31.3. The molecule has 0 saturated heterocycles. The standard InChI is InChI=1S/C27H28FN3O4/c1-33-15-2-14-29-27(32)20-4-13-26-25(18-20)30-19-31(26)22-7-11-24(12-8-22)35-17-3-16-34-23-9-5-21(28)6-10-23/h4-13,18-19H,2-3,14-17H2,1H3,(H,29,32). The van der Waals surface area contributed by atoms with E-state index < -0.39 is 0 Å². The van der Waals surface area contributed by atoms with Gasteiger partial charge in [0.2, 0.25) is 0 Å². The quantitative estimate of drug-likeness (QED) is 0.297. The van der Waals surface area contributed by atoms with Gasteiger partial charge in [0.05, 0.1) is 24.2 Å². The Morgan fingerprint density at radius 2 is 1.60 bits per heavy atom. The number of nitrogens with zero attached hydrogens (tertiary/aromatic N) is 2. The molecule has 0 fully saturated rings. The third-order valence-electron chi connectivity index (χ3n) is 5.37. The molecule has 0 bridgehead atoms. The first kappa shape index (κ1) is 24.2. The summed E-state index contributed by atoms with van der Waals surface area (Å²) in [4.78, 5) is 16.8. The van der Waals surface area contributed by atoms with Gasteiger partial charge in [-0.3, -0.25) is 9.36 Å². The molecule has 4 rings (SSSR count). The molecule has 4 aromatic rings. The molecule has 0 aliphatic rings. The Balaban J connectivity index is 1.29. The van der Waals surface area contributed by atoms with Gasteiger partial charge in [-0.25, -0.2) is 9.37 Å². The van der Waals surface area contributed by atoms with Crippen molar-refractivity contribution in [3.05, 3.63) is 84.4 Å². The zero-order valence-corrected chi connectivity index (χ0v) is 19.6. The minimum atomic E-state index is -0.283. The van der Waals surface area contributed by atoms with E-state index in [-0.39, 0.29) is 11.7 Å². The predicted octanol–water partition coefficient (Wildman–Crippen LogP) is 4.78. The van der Waals surface area contributed by atoms with Gasteiger partial charge < -0.3 is 19.5 Å². The fourth-order valence-corrected chi connectivity index (χ4v) is 3.55. The Morgan fingerprint density at radius 1 is 0.914 bits per heavy atom. The maximum Gasteiger partial charge on any atom is 0.251 e. The molecular formula is C27H28FN3O4. The molecule has 0 aliphatic carbocycles. The summed E-state index contributed by atoms with van der Waals surface area (Å²) >= 11 is 0. The Kier molecular flexibility index (Phi) is 8.30. The van der Waals surface area contributed by atoms with Crippen LogP contribution in [0.25, 0.3) is 16.7 Å². The number of ether oxygens (including phenoxy) is 3. The minimum Gasteiger partial charge on any atom is -0.493 e. The van der Waals surface area contributed by atoms with Gasteiger partial charge in [-0.2, -0.15) is 0 Å². The molecule has 7 nitrogen and oxygen atoms in total. The maximum atomic E-state index is 12.9. The molecule has 35 heavy (non-hydrogen) atoms. The number of carbonyl (C=O) groups excluding carboxylic acids is 1. The molecule has 0 unspecified atom stereocenters. The molecule has 1 heterocycles. The number of amides is 1. The van der Waals surface area contributed by atoms with Crippen LogP contribution in [0.2, 0.25) is 0 Å². The molecule has 0 spiro atoms. The van der Waals surface area contributed by atoms with Crippen molar-refractivity contribution in [1.29, 1.82) is 0 Å². The van der Waals surface area contributed by atoms with Crippen molar-refractivity contribution in [3.8, 4) is 17.2 Å². The molecule has 0 saturated carbocycles. The fraction of sp³-hybridized carbons (Fsp3) is 0.259. The second kappa shape index (κ2) is 12.0. The van der Waals surface area contributed by atoms with Crippen LogP contribution >= 0.6 is 0 Å². The molecule has 182 valence electrons. The van der Waals surface area contributed by atoms with Gasteiger partial charge in [0.25, 0.3) is 5.91 Å². The highest BCUT2D eigenvalue weighted by atomic mass is 19.1. The van der Waals surface area contributed by atoms with Gasteiger partial charge in [-0.1, -0.05) is 0 Å². The van der Waals surface area contributed by atoms with E-state index in [2.05, 4.69) is 10.3 Å². The van der Waals surface area contributed by atoms with Crippen LogP contribution in [-0.4, -0.2) is 48.9 Å². The van der Waals surface area contributed by atoms with E-state index >= 15 is 0 Å². The maximum absolute atomic E-state index is 12.9. The normalized spacial score (nSPS) is 10.9. The van der Waals surface area contributed by atoms with Crippen LogP contribution in [0.1, 0.15) is 23.2 Å². The van der Waals surface area contributed by atoms with Crippen LogP contribution in [-0.2, 0) is 4.74 Å². The SMILES string of the molecule is COCCCNC(=O)c1ccc2c(c1)ncn2-c1ccc(OCCCOc2ccc(F)cc2)cc1. The summed E-state index contributed by atoms with van der Waals surface area (Å²) in [6.45, 7) is 2.16. The van der Waals surface area contributed by atoms with E-state index in [0.717, 1.165) is 28.9 Å². The Hall–Kier alpha value is -3.91. The lowest BCUT2D eigenvalue weighted by Gasteiger charge is -2.10. The number of nitrogens with one attached hydrogen (secondary N) is 1. The number of rotatable bonds is 12. The number of halogens is 1. The second-order valence-electron chi connectivity index (χ2n) is 7.92. The van der Waals surface area contributed by atoms with Crippen molar-refractivity contribution >= 4 is 16.9 Å². The molecule has 3 aromatic carbocycles. The zero-order chi connectivity index (χ0) is 24.5. The molecule has 0 aliphatic heterocycles. The Bertz CT molecular complexity index is 1240. The van der Waals surface area contributed by atoms with Gasteiger partial charge in [-0.15, -0.1) is 0 Å². The number of aromatic nitrogens is 2. The smallest absolute Gasteiger partial charge is 0.251 e. The minimum absolute atomic E-state index is 0.123. The van der Waals surface area contributed by atoms with Gasteiger partial charge in [0.1, 0.15) is 23.6 Å². The summed E-state index contributed by atoms with van der Waals surface area (Å²) in [5.74, 6) is 0.988. The molecule has 8 heteroatoms. The van der Waals surface area contributed by atoms with E-state index in [0.29, 0.717) is 44.1 Å². The lowest BCUT2D eigenvalue weighted by Crippen LogP contribution is -2.25. The summed E-state index contributed by atoms with van der Waals surface area (Å²) in [6.07, 6.45) is 3.21. The Morgan fingerprint density at radius 3 is 2.29 bits per heavy atom.